The fourth-order valence-corrected chi connectivity index (χ4v) is 3.48. The minimum absolute atomic E-state index is 0.106. The van der Waals surface area contributed by atoms with Crippen molar-refractivity contribution in [3.63, 3.8) is 0 Å². The third-order valence-electron chi connectivity index (χ3n) is 4.11. The summed E-state index contributed by atoms with van der Waals surface area (Å²) in [6.07, 6.45) is 0. The van der Waals surface area contributed by atoms with Crippen molar-refractivity contribution < 1.29 is 22.8 Å². The standard InChI is InChI=1S/C16H15BrClF3N4O2/c1-22-25(3)14(18)11(17)7-6-24(2)16(27)10(7)15(26)23-9-5-4-8(19)12(20)13(9)21/h4-5,7,10H,1,6H2,2-3H3,(H,23,26)/b14-11-/t7-,10-/m0/s1. The molecule has 1 aromatic carbocycles. The summed E-state index contributed by atoms with van der Waals surface area (Å²) in [7, 11) is 3.01. The maximum Gasteiger partial charge on any atom is 0.237 e. The van der Waals surface area contributed by atoms with Gasteiger partial charge >= 0.3 is 0 Å². The molecule has 1 aliphatic heterocycles. The molecule has 11 heteroatoms. The third-order valence-corrected chi connectivity index (χ3v) is 5.75. The van der Waals surface area contributed by atoms with E-state index >= 15 is 0 Å². The lowest BCUT2D eigenvalue weighted by Crippen LogP contribution is -2.34. The zero-order valence-corrected chi connectivity index (χ0v) is 16.6. The zero-order chi connectivity index (χ0) is 20.5. The van der Waals surface area contributed by atoms with Crippen molar-refractivity contribution in [2.24, 2.45) is 16.9 Å². The molecule has 1 fully saturated rings. The normalized spacial score (nSPS) is 20.4. The summed E-state index contributed by atoms with van der Waals surface area (Å²) in [5.41, 5.74) is -0.573. The fraction of sp³-hybridized carbons (Fsp3) is 0.312. The van der Waals surface area contributed by atoms with Crippen molar-refractivity contribution in [1.82, 2.24) is 9.91 Å². The first-order valence-corrected chi connectivity index (χ1v) is 8.72. The number of carbonyl (C=O) groups is 2. The van der Waals surface area contributed by atoms with Gasteiger partial charge in [-0.3, -0.25) is 14.6 Å². The molecule has 0 spiro atoms. The predicted octanol–water partition coefficient (Wildman–Crippen LogP) is 3.10. The maximum absolute atomic E-state index is 13.8. The Bertz CT molecular complexity index is 836. The van der Waals surface area contributed by atoms with Crippen LogP contribution in [0.5, 0.6) is 0 Å². The summed E-state index contributed by atoms with van der Waals surface area (Å²) in [5, 5.41) is 7.10. The van der Waals surface area contributed by atoms with Crippen LogP contribution in [0.3, 0.4) is 0 Å². The number of hydrogen-bond acceptors (Lipinski definition) is 4. The van der Waals surface area contributed by atoms with Crippen molar-refractivity contribution in [3.8, 4) is 0 Å². The van der Waals surface area contributed by atoms with Gasteiger partial charge in [0.15, 0.2) is 17.5 Å². The van der Waals surface area contributed by atoms with Crippen LogP contribution in [0.25, 0.3) is 0 Å². The molecule has 0 unspecified atom stereocenters. The van der Waals surface area contributed by atoms with Crippen LogP contribution in [0, 0.1) is 29.3 Å². The lowest BCUT2D eigenvalue weighted by atomic mass is 9.94. The molecule has 0 bridgehead atoms. The van der Waals surface area contributed by atoms with Gasteiger partial charge in [0, 0.05) is 37.8 Å². The van der Waals surface area contributed by atoms with E-state index in [-0.39, 0.29) is 11.7 Å². The van der Waals surface area contributed by atoms with E-state index in [0.717, 1.165) is 6.07 Å². The van der Waals surface area contributed by atoms with E-state index in [1.807, 2.05) is 0 Å². The average Bonchev–Trinajstić information content (AvgIpc) is 2.95. The minimum Gasteiger partial charge on any atom is -0.344 e. The van der Waals surface area contributed by atoms with Crippen LogP contribution >= 0.6 is 27.5 Å². The largest absolute Gasteiger partial charge is 0.344 e. The maximum atomic E-state index is 13.8. The molecule has 27 heavy (non-hydrogen) atoms. The van der Waals surface area contributed by atoms with Gasteiger partial charge in [0.2, 0.25) is 11.8 Å². The van der Waals surface area contributed by atoms with Gasteiger partial charge in [-0.25, -0.2) is 13.2 Å². The summed E-state index contributed by atoms with van der Waals surface area (Å²) >= 11 is 9.44. The first kappa shape index (κ1) is 21.2. The predicted molar refractivity (Wildman–Crippen MR) is 98.7 cm³/mol. The van der Waals surface area contributed by atoms with Crippen molar-refractivity contribution in [2.75, 3.05) is 26.0 Å². The summed E-state index contributed by atoms with van der Waals surface area (Å²) in [6.45, 7) is 3.48. The van der Waals surface area contributed by atoms with E-state index in [4.69, 9.17) is 11.6 Å². The summed E-state index contributed by atoms with van der Waals surface area (Å²) < 4.78 is 40.6. The van der Waals surface area contributed by atoms with E-state index in [1.165, 1.54) is 24.0 Å². The number of nitrogens with zero attached hydrogens (tertiary/aromatic N) is 3. The highest BCUT2D eigenvalue weighted by molar-refractivity contribution is 9.11. The molecule has 0 aliphatic carbocycles. The van der Waals surface area contributed by atoms with Crippen molar-refractivity contribution in [3.05, 3.63) is 39.2 Å². The molecular formula is C16H15BrClF3N4O2. The van der Waals surface area contributed by atoms with Crippen molar-refractivity contribution >= 4 is 51.8 Å². The van der Waals surface area contributed by atoms with Crippen LogP contribution in [-0.4, -0.2) is 49.1 Å². The highest BCUT2D eigenvalue weighted by Gasteiger charge is 2.46. The van der Waals surface area contributed by atoms with E-state index in [1.54, 1.807) is 0 Å². The van der Waals surface area contributed by atoms with Gasteiger partial charge in [-0.1, -0.05) is 27.5 Å². The molecule has 1 saturated heterocycles. The number of halogens is 5. The van der Waals surface area contributed by atoms with Gasteiger partial charge in [0.05, 0.1) is 5.69 Å². The molecule has 2 amide bonds. The number of amides is 2. The second-order valence-corrected chi connectivity index (χ2v) is 7.03. The Hall–Kier alpha value is -2.07. The summed E-state index contributed by atoms with van der Waals surface area (Å²) in [4.78, 5) is 26.3. The second kappa shape index (κ2) is 8.30. The van der Waals surface area contributed by atoms with Gasteiger partial charge in [0.1, 0.15) is 11.1 Å². The van der Waals surface area contributed by atoms with Crippen LogP contribution < -0.4 is 5.32 Å². The van der Waals surface area contributed by atoms with Crippen LogP contribution in [0.1, 0.15) is 0 Å². The molecule has 2 rings (SSSR count). The Morgan fingerprint density at radius 1 is 1.41 bits per heavy atom. The summed E-state index contributed by atoms with van der Waals surface area (Å²) in [6, 6.07) is 1.54. The number of likely N-dealkylation sites (tertiary alicyclic amines) is 1. The number of carbonyl (C=O) groups excluding carboxylic acids is 2. The van der Waals surface area contributed by atoms with Crippen molar-refractivity contribution in [1.29, 1.82) is 0 Å². The van der Waals surface area contributed by atoms with Gasteiger partial charge < -0.3 is 10.2 Å². The van der Waals surface area contributed by atoms with E-state index in [2.05, 4.69) is 33.1 Å². The SMILES string of the molecule is C=NN(C)/C(Cl)=C(\Br)[C@H]1CN(C)C(=O)[C@@H]1C(=O)Nc1ccc(F)c(F)c1F. The Morgan fingerprint density at radius 2 is 2.04 bits per heavy atom. The number of rotatable bonds is 5. The fourth-order valence-electron chi connectivity index (χ4n) is 2.62. The van der Waals surface area contributed by atoms with Gasteiger partial charge in [-0.2, -0.15) is 5.10 Å². The number of anilines is 1. The quantitative estimate of drug-likeness (QED) is 0.238. The van der Waals surface area contributed by atoms with Gasteiger partial charge in [-0.05, 0) is 12.1 Å². The zero-order valence-electron chi connectivity index (χ0n) is 14.3. The van der Waals surface area contributed by atoms with E-state index in [0.29, 0.717) is 10.5 Å². The Balaban J connectivity index is 2.36. The number of hydrogen-bond donors (Lipinski definition) is 1. The number of nitrogens with one attached hydrogen (secondary N) is 1. The first-order chi connectivity index (χ1) is 12.6. The molecule has 1 aromatic rings. The number of hydrazone groups is 1. The lowest BCUT2D eigenvalue weighted by molar-refractivity contribution is -0.135. The molecule has 0 aromatic heterocycles. The lowest BCUT2D eigenvalue weighted by Gasteiger charge is -2.20. The van der Waals surface area contributed by atoms with E-state index in [9.17, 15) is 22.8 Å². The molecule has 6 nitrogen and oxygen atoms in total. The van der Waals surface area contributed by atoms with Crippen LogP contribution in [0.2, 0.25) is 0 Å². The molecular weight excluding hydrogens is 453 g/mol. The molecule has 0 saturated carbocycles. The molecule has 1 N–H and O–H groups in total. The second-order valence-electron chi connectivity index (χ2n) is 5.82. The smallest absolute Gasteiger partial charge is 0.237 e. The van der Waals surface area contributed by atoms with Gasteiger partial charge in [0.25, 0.3) is 0 Å². The van der Waals surface area contributed by atoms with Gasteiger partial charge in [-0.15, -0.1) is 0 Å². The summed E-state index contributed by atoms with van der Waals surface area (Å²) in [5.74, 6) is -8.04. The highest BCUT2D eigenvalue weighted by atomic mass is 79.9. The minimum atomic E-state index is -1.72. The molecule has 0 radical (unpaired) electrons. The van der Waals surface area contributed by atoms with Crippen LogP contribution in [0.4, 0.5) is 18.9 Å². The third kappa shape index (κ3) is 4.11. The Labute approximate surface area is 166 Å². The molecule has 146 valence electrons. The molecule has 1 heterocycles. The molecule has 2 atom stereocenters. The first-order valence-electron chi connectivity index (χ1n) is 7.55. The Kier molecular flexibility index (Phi) is 6.53. The topological polar surface area (TPSA) is 65.0 Å². The van der Waals surface area contributed by atoms with Crippen molar-refractivity contribution in [2.45, 2.75) is 0 Å². The Morgan fingerprint density at radius 3 is 2.63 bits per heavy atom. The van der Waals surface area contributed by atoms with Crippen LogP contribution in [0.15, 0.2) is 26.9 Å². The average molecular weight is 468 g/mol. The number of benzene rings is 1. The monoisotopic (exact) mass is 466 g/mol. The molecule has 1 aliphatic rings. The van der Waals surface area contributed by atoms with E-state index < -0.39 is 46.8 Å². The van der Waals surface area contributed by atoms with Crippen LogP contribution in [-0.2, 0) is 9.59 Å². The highest BCUT2D eigenvalue weighted by Crippen LogP contribution is 2.37.